The fourth-order valence-electron chi connectivity index (χ4n) is 4.02. The minimum absolute atomic E-state index is 0.0693. The molecule has 31 heavy (non-hydrogen) atoms. The molecule has 0 spiro atoms. The van der Waals surface area contributed by atoms with Gasteiger partial charge in [0.2, 0.25) is 0 Å². The number of piperazine rings is 1. The van der Waals surface area contributed by atoms with E-state index in [1.54, 1.807) is 0 Å². The number of hydrogen-bond acceptors (Lipinski definition) is 5. The van der Waals surface area contributed by atoms with Gasteiger partial charge in [0.15, 0.2) is 0 Å². The van der Waals surface area contributed by atoms with Crippen LogP contribution >= 0.6 is 0 Å². The molecule has 1 aliphatic rings. The Morgan fingerprint density at radius 1 is 0.903 bits per heavy atom. The number of para-hydroxylation sites is 1. The molecule has 2 aromatic carbocycles. The minimum Gasteiger partial charge on any atom is -0.383 e. The van der Waals surface area contributed by atoms with E-state index in [-0.39, 0.29) is 5.91 Å². The van der Waals surface area contributed by atoms with Crippen LogP contribution in [0.5, 0.6) is 0 Å². The summed E-state index contributed by atoms with van der Waals surface area (Å²) in [5, 5.41) is 0.879. The van der Waals surface area contributed by atoms with Crippen molar-refractivity contribution in [2.45, 2.75) is 6.54 Å². The van der Waals surface area contributed by atoms with Gasteiger partial charge in [0.1, 0.15) is 11.6 Å². The van der Waals surface area contributed by atoms with Crippen molar-refractivity contribution in [2.24, 2.45) is 0 Å². The highest BCUT2D eigenvalue weighted by atomic mass is 16.2. The maximum atomic E-state index is 13.0. The molecular weight excluding hydrogens is 388 g/mol. The van der Waals surface area contributed by atoms with Crippen LogP contribution in [-0.2, 0) is 6.54 Å². The van der Waals surface area contributed by atoms with Crippen molar-refractivity contribution in [3.8, 4) is 5.69 Å². The monoisotopic (exact) mass is 412 g/mol. The summed E-state index contributed by atoms with van der Waals surface area (Å²) in [6.07, 6.45) is 3.95. The van der Waals surface area contributed by atoms with Gasteiger partial charge >= 0.3 is 0 Å². The predicted molar refractivity (Wildman–Crippen MR) is 121 cm³/mol. The summed E-state index contributed by atoms with van der Waals surface area (Å²) in [6.45, 7) is 3.53. The summed E-state index contributed by atoms with van der Waals surface area (Å²) in [4.78, 5) is 26.3. The molecule has 3 heterocycles. The van der Waals surface area contributed by atoms with Gasteiger partial charge in [0.05, 0.1) is 12.1 Å². The fraction of sp³-hybridized carbons (Fsp3) is 0.208. The molecule has 4 aromatic rings. The fourth-order valence-corrected chi connectivity index (χ4v) is 4.02. The number of nitrogens with two attached hydrogens (primary N) is 1. The number of amides is 1. The van der Waals surface area contributed by atoms with E-state index in [2.05, 4.69) is 14.9 Å². The van der Waals surface area contributed by atoms with Crippen LogP contribution in [0.1, 0.15) is 16.2 Å². The van der Waals surface area contributed by atoms with Crippen LogP contribution in [0.25, 0.3) is 16.6 Å². The third-order valence-corrected chi connectivity index (χ3v) is 5.70. The van der Waals surface area contributed by atoms with Crippen molar-refractivity contribution in [3.63, 3.8) is 0 Å². The number of aromatic nitrogens is 3. The van der Waals surface area contributed by atoms with Gasteiger partial charge in [-0.05, 0) is 42.5 Å². The lowest BCUT2D eigenvalue weighted by molar-refractivity contribution is 0.0625. The standard InChI is InChI=1S/C24H24N6O/c25-23-20-8-1-2-9-21(20)26-22(27-23)17-28-12-14-30(15-13-28)24(31)18-6-5-7-19(16-18)29-10-3-4-11-29/h1-11,16H,12-15,17H2,(H2,25,26,27). The van der Waals surface area contributed by atoms with E-state index in [4.69, 9.17) is 5.73 Å². The number of carbonyl (C=O) groups is 1. The summed E-state index contributed by atoms with van der Waals surface area (Å²) in [7, 11) is 0. The van der Waals surface area contributed by atoms with E-state index < -0.39 is 0 Å². The second kappa shape index (κ2) is 8.20. The maximum Gasteiger partial charge on any atom is 0.254 e. The van der Waals surface area contributed by atoms with E-state index >= 15 is 0 Å². The van der Waals surface area contributed by atoms with Gasteiger partial charge in [-0.2, -0.15) is 0 Å². The van der Waals surface area contributed by atoms with E-state index in [0.29, 0.717) is 31.0 Å². The van der Waals surface area contributed by atoms with Crippen LogP contribution in [0.4, 0.5) is 5.82 Å². The number of benzene rings is 2. The second-order valence-electron chi connectivity index (χ2n) is 7.75. The Kier molecular flexibility index (Phi) is 5.09. The van der Waals surface area contributed by atoms with Gasteiger partial charge in [0, 0.05) is 55.2 Å². The number of carbonyl (C=O) groups excluding carboxylic acids is 1. The van der Waals surface area contributed by atoms with Crippen molar-refractivity contribution < 1.29 is 4.79 Å². The van der Waals surface area contributed by atoms with Gasteiger partial charge in [-0.15, -0.1) is 0 Å². The minimum atomic E-state index is 0.0693. The largest absolute Gasteiger partial charge is 0.383 e. The molecule has 2 N–H and O–H groups in total. The van der Waals surface area contributed by atoms with Crippen LogP contribution < -0.4 is 5.73 Å². The first-order valence-electron chi connectivity index (χ1n) is 10.4. The lowest BCUT2D eigenvalue weighted by Gasteiger charge is -2.34. The smallest absolute Gasteiger partial charge is 0.254 e. The topological polar surface area (TPSA) is 80.3 Å². The van der Waals surface area contributed by atoms with Gasteiger partial charge in [-0.1, -0.05) is 18.2 Å². The predicted octanol–water partition coefficient (Wildman–Crippen LogP) is 2.96. The quantitative estimate of drug-likeness (QED) is 0.557. The van der Waals surface area contributed by atoms with Crippen molar-refractivity contribution in [1.29, 1.82) is 0 Å². The highest BCUT2D eigenvalue weighted by molar-refractivity contribution is 5.94. The number of anilines is 1. The third kappa shape index (κ3) is 4.00. The number of nitrogen functional groups attached to an aromatic ring is 1. The Labute approximate surface area is 180 Å². The molecule has 0 saturated carbocycles. The summed E-state index contributed by atoms with van der Waals surface area (Å²) >= 11 is 0. The lowest BCUT2D eigenvalue weighted by Crippen LogP contribution is -2.48. The van der Waals surface area contributed by atoms with Crippen LogP contribution in [0.15, 0.2) is 73.1 Å². The Hall–Kier alpha value is -3.71. The van der Waals surface area contributed by atoms with E-state index in [0.717, 1.165) is 35.5 Å². The molecule has 1 amide bonds. The average Bonchev–Trinajstić information content (AvgIpc) is 3.34. The van der Waals surface area contributed by atoms with Crippen LogP contribution in [-0.4, -0.2) is 56.4 Å². The molecule has 7 nitrogen and oxygen atoms in total. The normalized spacial score (nSPS) is 14.8. The first-order valence-corrected chi connectivity index (χ1v) is 10.4. The third-order valence-electron chi connectivity index (χ3n) is 5.70. The Bertz CT molecular complexity index is 1210. The molecule has 7 heteroatoms. The molecule has 1 aliphatic heterocycles. The molecule has 5 rings (SSSR count). The van der Waals surface area contributed by atoms with Gasteiger partial charge in [-0.25, -0.2) is 9.97 Å². The van der Waals surface area contributed by atoms with Crippen LogP contribution in [0.3, 0.4) is 0 Å². The molecule has 156 valence electrons. The van der Waals surface area contributed by atoms with Crippen LogP contribution in [0.2, 0.25) is 0 Å². The molecule has 0 unspecified atom stereocenters. The molecule has 0 aliphatic carbocycles. The lowest BCUT2D eigenvalue weighted by atomic mass is 10.1. The second-order valence-corrected chi connectivity index (χ2v) is 7.75. The average molecular weight is 412 g/mol. The zero-order chi connectivity index (χ0) is 21.2. The number of fused-ring (bicyclic) bond motifs is 1. The molecule has 2 aromatic heterocycles. The van der Waals surface area contributed by atoms with Crippen molar-refractivity contribution in [2.75, 3.05) is 31.9 Å². The first-order chi connectivity index (χ1) is 15.2. The molecule has 1 fully saturated rings. The summed E-state index contributed by atoms with van der Waals surface area (Å²) in [5.41, 5.74) is 8.67. The number of nitrogens with zero attached hydrogens (tertiary/aromatic N) is 5. The van der Waals surface area contributed by atoms with Crippen molar-refractivity contribution in [1.82, 2.24) is 24.3 Å². The molecule has 0 atom stereocenters. The molecule has 0 radical (unpaired) electrons. The zero-order valence-corrected chi connectivity index (χ0v) is 17.2. The van der Waals surface area contributed by atoms with Crippen LogP contribution in [0, 0.1) is 0 Å². The van der Waals surface area contributed by atoms with Crippen molar-refractivity contribution >= 4 is 22.6 Å². The Morgan fingerprint density at radius 3 is 2.48 bits per heavy atom. The zero-order valence-electron chi connectivity index (χ0n) is 17.2. The van der Waals surface area contributed by atoms with Gasteiger partial charge in [0.25, 0.3) is 5.91 Å². The first kappa shape index (κ1) is 19.3. The highest BCUT2D eigenvalue weighted by Gasteiger charge is 2.23. The van der Waals surface area contributed by atoms with E-state index in [1.165, 1.54) is 0 Å². The summed E-state index contributed by atoms with van der Waals surface area (Å²) < 4.78 is 2.00. The van der Waals surface area contributed by atoms with Gasteiger partial charge in [-0.3, -0.25) is 9.69 Å². The molecule has 1 saturated heterocycles. The SMILES string of the molecule is Nc1nc(CN2CCN(C(=O)c3cccc(-n4cccc4)c3)CC2)nc2ccccc12. The number of rotatable bonds is 4. The summed E-state index contributed by atoms with van der Waals surface area (Å²) in [5.74, 6) is 1.30. The number of hydrogen-bond donors (Lipinski definition) is 1. The van der Waals surface area contributed by atoms with Gasteiger partial charge < -0.3 is 15.2 Å². The Morgan fingerprint density at radius 2 is 1.68 bits per heavy atom. The van der Waals surface area contributed by atoms with E-state index in [1.807, 2.05) is 82.5 Å². The van der Waals surface area contributed by atoms with Crippen molar-refractivity contribution in [3.05, 3.63) is 84.4 Å². The van der Waals surface area contributed by atoms with E-state index in [9.17, 15) is 4.79 Å². The maximum absolute atomic E-state index is 13.0. The highest BCUT2D eigenvalue weighted by Crippen LogP contribution is 2.19. The Balaban J connectivity index is 1.24. The molecular formula is C24H24N6O. The molecule has 0 bridgehead atoms. The summed E-state index contributed by atoms with van der Waals surface area (Å²) in [6, 6.07) is 19.5.